The van der Waals surface area contributed by atoms with E-state index in [9.17, 15) is 4.79 Å². The number of carbonyl (C=O) groups excluding carboxylic acids is 1. The molecule has 0 aliphatic rings. The zero-order valence-electron chi connectivity index (χ0n) is 11.5. The van der Waals surface area contributed by atoms with Crippen LogP contribution in [0.2, 0.25) is 0 Å². The Bertz CT molecular complexity index is 627. The predicted octanol–water partition coefficient (Wildman–Crippen LogP) is 3.64. The van der Waals surface area contributed by atoms with Crippen LogP contribution in [0.5, 0.6) is 0 Å². The predicted molar refractivity (Wildman–Crippen MR) is 84.4 cm³/mol. The summed E-state index contributed by atoms with van der Waals surface area (Å²) < 4.78 is 5.84. The summed E-state index contributed by atoms with van der Waals surface area (Å²) in [5.74, 6) is 0.478. The molecule has 0 N–H and O–H groups in total. The fourth-order valence-corrected chi connectivity index (χ4v) is 3.37. The lowest BCUT2D eigenvalue weighted by Gasteiger charge is -2.18. The molecule has 0 radical (unpaired) electrons. The van der Waals surface area contributed by atoms with Gasteiger partial charge in [-0.25, -0.2) is 9.78 Å². The molecule has 0 saturated carbocycles. The Labute approximate surface area is 130 Å². The Morgan fingerprint density at radius 2 is 2.15 bits per heavy atom. The third-order valence-corrected chi connectivity index (χ3v) is 4.50. The van der Waals surface area contributed by atoms with Crippen LogP contribution in [0.15, 0.2) is 28.1 Å². The number of nitrogens with zero attached hydrogens (tertiary/aromatic N) is 2. The Hall–Kier alpha value is -1.40. The van der Waals surface area contributed by atoms with E-state index in [1.54, 1.807) is 17.4 Å². The number of esters is 1. The van der Waals surface area contributed by atoms with Crippen LogP contribution >= 0.6 is 27.3 Å². The summed E-state index contributed by atoms with van der Waals surface area (Å²) in [5, 5.41) is 0. The van der Waals surface area contributed by atoms with Crippen molar-refractivity contribution < 1.29 is 9.53 Å². The zero-order chi connectivity index (χ0) is 14.7. The van der Waals surface area contributed by atoms with Crippen LogP contribution in [0.4, 0.5) is 5.82 Å². The first kappa shape index (κ1) is 15.0. The molecule has 2 heterocycles. The zero-order valence-corrected chi connectivity index (χ0v) is 13.9. The lowest BCUT2D eigenvalue weighted by Crippen LogP contribution is -2.18. The number of pyridine rings is 1. The smallest absolute Gasteiger partial charge is 0.339 e. The number of hydrogen-bond donors (Lipinski definition) is 0. The molecule has 0 bridgehead atoms. The summed E-state index contributed by atoms with van der Waals surface area (Å²) in [6.07, 6.45) is 0. The maximum atomic E-state index is 11.5. The standard InChI is InChI=1S/C14H15BrN2O2S/c1-9-11(14(18)19-3)5-7-13(16-9)17(2)8-10-4-6-12(15)20-10/h4-7H,8H2,1-3H3. The second kappa shape index (κ2) is 6.37. The van der Waals surface area contributed by atoms with Gasteiger partial charge in [-0.05, 0) is 47.1 Å². The van der Waals surface area contributed by atoms with E-state index in [1.165, 1.54) is 12.0 Å². The average Bonchev–Trinajstić information content (AvgIpc) is 2.83. The molecule has 6 heteroatoms. The van der Waals surface area contributed by atoms with Gasteiger partial charge in [0.2, 0.25) is 0 Å². The lowest BCUT2D eigenvalue weighted by atomic mass is 10.2. The van der Waals surface area contributed by atoms with Gasteiger partial charge in [-0.15, -0.1) is 11.3 Å². The number of thiophene rings is 1. The number of aryl methyl sites for hydroxylation is 1. The number of carbonyl (C=O) groups is 1. The van der Waals surface area contributed by atoms with Crippen molar-refractivity contribution in [3.8, 4) is 0 Å². The third-order valence-electron chi connectivity index (χ3n) is 2.89. The first-order valence-electron chi connectivity index (χ1n) is 6.02. The van der Waals surface area contributed by atoms with Crippen molar-refractivity contribution in [2.24, 2.45) is 0 Å². The van der Waals surface area contributed by atoms with Crippen molar-refractivity contribution >= 4 is 39.1 Å². The maximum Gasteiger partial charge on any atom is 0.339 e. The van der Waals surface area contributed by atoms with Crippen LogP contribution in [0.3, 0.4) is 0 Å². The molecule has 0 saturated heterocycles. The van der Waals surface area contributed by atoms with Crippen molar-refractivity contribution in [2.75, 3.05) is 19.1 Å². The van der Waals surface area contributed by atoms with Crippen molar-refractivity contribution in [3.05, 3.63) is 44.2 Å². The quantitative estimate of drug-likeness (QED) is 0.786. The fourth-order valence-electron chi connectivity index (χ4n) is 1.84. The van der Waals surface area contributed by atoms with Gasteiger partial charge in [-0.1, -0.05) is 0 Å². The van der Waals surface area contributed by atoms with Crippen LogP contribution in [0, 0.1) is 6.92 Å². The maximum absolute atomic E-state index is 11.5. The number of hydrogen-bond acceptors (Lipinski definition) is 5. The Balaban J connectivity index is 2.16. The van der Waals surface area contributed by atoms with E-state index in [-0.39, 0.29) is 5.97 Å². The molecular formula is C14H15BrN2O2S. The second-order valence-corrected chi connectivity index (χ2v) is 6.90. The minimum Gasteiger partial charge on any atom is -0.465 e. The number of methoxy groups -OCH3 is 1. The van der Waals surface area contributed by atoms with E-state index in [0.717, 1.165) is 16.1 Å². The van der Waals surface area contributed by atoms with Gasteiger partial charge in [0, 0.05) is 11.9 Å². The van der Waals surface area contributed by atoms with Crippen molar-refractivity contribution in [1.82, 2.24) is 4.98 Å². The minimum absolute atomic E-state index is 0.355. The van der Waals surface area contributed by atoms with Gasteiger partial charge in [0.25, 0.3) is 0 Å². The van der Waals surface area contributed by atoms with Crippen LogP contribution < -0.4 is 4.90 Å². The van der Waals surface area contributed by atoms with Crippen LogP contribution in [0.25, 0.3) is 0 Å². The van der Waals surface area contributed by atoms with E-state index in [0.29, 0.717) is 11.3 Å². The van der Waals surface area contributed by atoms with E-state index >= 15 is 0 Å². The molecule has 106 valence electrons. The molecular weight excluding hydrogens is 340 g/mol. The van der Waals surface area contributed by atoms with Crippen molar-refractivity contribution in [1.29, 1.82) is 0 Å². The number of rotatable bonds is 4. The minimum atomic E-state index is -0.355. The fraction of sp³-hybridized carbons (Fsp3) is 0.286. The SMILES string of the molecule is COC(=O)c1ccc(N(C)Cc2ccc(Br)s2)nc1C. The molecule has 0 amide bonds. The first-order valence-corrected chi connectivity index (χ1v) is 7.63. The highest BCUT2D eigenvalue weighted by atomic mass is 79.9. The molecule has 2 aromatic rings. The van der Waals surface area contributed by atoms with Crippen molar-refractivity contribution in [3.63, 3.8) is 0 Å². The summed E-state index contributed by atoms with van der Waals surface area (Å²) in [5.41, 5.74) is 1.18. The van der Waals surface area contributed by atoms with Gasteiger partial charge in [0.15, 0.2) is 0 Å². The van der Waals surface area contributed by atoms with Gasteiger partial charge in [0.05, 0.1) is 28.7 Å². The number of anilines is 1. The largest absolute Gasteiger partial charge is 0.465 e. The van der Waals surface area contributed by atoms with Gasteiger partial charge >= 0.3 is 5.97 Å². The molecule has 0 fully saturated rings. The van der Waals surface area contributed by atoms with E-state index in [4.69, 9.17) is 4.74 Å². The monoisotopic (exact) mass is 354 g/mol. The van der Waals surface area contributed by atoms with Crippen LogP contribution in [-0.4, -0.2) is 25.1 Å². The van der Waals surface area contributed by atoms with E-state index < -0.39 is 0 Å². The molecule has 0 atom stereocenters. The second-order valence-electron chi connectivity index (χ2n) is 4.36. The molecule has 0 spiro atoms. The van der Waals surface area contributed by atoms with Gasteiger partial charge in [0.1, 0.15) is 5.82 Å². The normalized spacial score (nSPS) is 10.4. The third kappa shape index (κ3) is 3.37. The highest BCUT2D eigenvalue weighted by Gasteiger charge is 2.12. The summed E-state index contributed by atoms with van der Waals surface area (Å²) in [6, 6.07) is 7.71. The highest BCUT2D eigenvalue weighted by Crippen LogP contribution is 2.24. The molecule has 0 unspecified atom stereocenters. The molecule has 4 nitrogen and oxygen atoms in total. The lowest BCUT2D eigenvalue weighted by molar-refractivity contribution is 0.0599. The number of halogens is 1. The molecule has 0 aliphatic carbocycles. The summed E-state index contributed by atoms with van der Waals surface area (Å²) in [4.78, 5) is 19.3. The van der Waals surface area contributed by atoms with E-state index in [1.807, 2.05) is 31.0 Å². The molecule has 20 heavy (non-hydrogen) atoms. The molecule has 2 rings (SSSR count). The summed E-state index contributed by atoms with van der Waals surface area (Å²) in [6.45, 7) is 2.59. The van der Waals surface area contributed by atoms with Crippen molar-refractivity contribution in [2.45, 2.75) is 13.5 Å². The first-order chi connectivity index (χ1) is 9.51. The number of ether oxygens (including phenoxy) is 1. The average molecular weight is 355 g/mol. The number of aromatic nitrogens is 1. The van der Waals surface area contributed by atoms with Gasteiger partial charge < -0.3 is 9.64 Å². The van der Waals surface area contributed by atoms with Crippen LogP contribution in [0.1, 0.15) is 20.9 Å². The summed E-state index contributed by atoms with van der Waals surface area (Å²) in [7, 11) is 3.35. The van der Waals surface area contributed by atoms with E-state index in [2.05, 4.69) is 27.0 Å². The van der Waals surface area contributed by atoms with Crippen LogP contribution in [-0.2, 0) is 11.3 Å². The molecule has 0 aromatic carbocycles. The molecule has 0 aliphatic heterocycles. The Morgan fingerprint density at radius 1 is 1.40 bits per heavy atom. The molecule has 2 aromatic heterocycles. The Morgan fingerprint density at radius 3 is 2.70 bits per heavy atom. The van der Waals surface area contributed by atoms with Gasteiger partial charge in [-0.3, -0.25) is 0 Å². The summed E-state index contributed by atoms with van der Waals surface area (Å²) >= 11 is 5.16. The topological polar surface area (TPSA) is 42.4 Å². The van der Waals surface area contributed by atoms with Gasteiger partial charge in [-0.2, -0.15) is 0 Å². The highest BCUT2D eigenvalue weighted by molar-refractivity contribution is 9.11. The Kier molecular flexibility index (Phi) is 4.77.